The maximum atomic E-state index is 6.02. The van der Waals surface area contributed by atoms with E-state index in [1.165, 1.54) is 19.5 Å². The van der Waals surface area contributed by atoms with Gasteiger partial charge in [-0.1, -0.05) is 0 Å². The van der Waals surface area contributed by atoms with Crippen molar-refractivity contribution in [3.05, 3.63) is 30.6 Å². The average molecular weight is 284 g/mol. The van der Waals surface area contributed by atoms with Crippen molar-refractivity contribution in [3.8, 4) is 0 Å². The van der Waals surface area contributed by atoms with E-state index in [1.54, 1.807) is 0 Å². The fraction of sp³-hybridized carbons (Fsp3) is 0.471. The summed E-state index contributed by atoms with van der Waals surface area (Å²) < 4.78 is 0. The number of nitrogens with two attached hydrogens (primary N) is 1. The van der Waals surface area contributed by atoms with Gasteiger partial charge in [0, 0.05) is 53.7 Å². The van der Waals surface area contributed by atoms with Crippen LogP contribution in [0.2, 0.25) is 0 Å². The number of fused-ring (bicyclic) bond motifs is 1. The summed E-state index contributed by atoms with van der Waals surface area (Å²) in [5.74, 6) is 0.724. The number of nitrogens with zero attached hydrogens (tertiary/aromatic N) is 2. The zero-order valence-corrected chi connectivity index (χ0v) is 12.8. The Bertz CT molecular complexity index is 623. The Morgan fingerprint density at radius 3 is 2.95 bits per heavy atom. The molecule has 0 saturated carbocycles. The molecule has 1 atom stereocenters. The molecule has 1 unspecified atom stereocenters. The van der Waals surface area contributed by atoms with Crippen molar-refractivity contribution in [2.45, 2.75) is 26.3 Å². The van der Waals surface area contributed by atoms with Crippen LogP contribution in [0, 0.1) is 5.92 Å². The monoisotopic (exact) mass is 284 g/mol. The van der Waals surface area contributed by atoms with Crippen LogP contribution in [0.1, 0.15) is 20.3 Å². The number of aromatic nitrogens is 1. The Kier molecular flexibility index (Phi) is 3.97. The molecule has 0 aliphatic carbocycles. The molecule has 4 nitrogen and oxygen atoms in total. The highest BCUT2D eigenvalue weighted by atomic mass is 15.2. The van der Waals surface area contributed by atoms with E-state index >= 15 is 0 Å². The van der Waals surface area contributed by atoms with Crippen molar-refractivity contribution in [2.24, 2.45) is 5.92 Å². The standard InChI is InChI=1S/C17H24N4/c1-12(2)21-8-6-13(11-21)9-20-17-4-3-16(18)15-10-19-7-5-14(15)17/h3-5,7,10,12-13,20H,6,8-9,11,18H2,1-2H3. The fourth-order valence-corrected chi connectivity index (χ4v) is 3.12. The highest BCUT2D eigenvalue weighted by Gasteiger charge is 2.23. The number of nitrogen functional groups attached to an aromatic ring is 1. The first-order valence-electron chi connectivity index (χ1n) is 7.75. The van der Waals surface area contributed by atoms with Gasteiger partial charge in [-0.25, -0.2) is 0 Å². The number of pyridine rings is 1. The minimum atomic E-state index is 0.651. The molecule has 1 aromatic carbocycles. The van der Waals surface area contributed by atoms with Gasteiger partial charge in [-0.3, -0.25) is 4.98 Å². The molecule has 0 radical (unpaired) electrons. The van der Waals surface area contributed by atoms with Gasteiger partial charge in [0.25, 0.3) is 0 Å². The van der Waals surface area contributed by atoms with Crippen LogP contribution in [0.4, 0.5) is 11.4 Å². The summed E-state index contributed by atoms with van der Waals surface area (Å²) in [6.07, 6.45) is 4.94. The predicted octanol–water partition coefficient (Wildman–Crippen LogP) is 2.96. The minimum absolute atomic E-state index is 0.651. The van der Waals surface area contributed by atoms with Crippen molar-refractivity contribution in [3.63, 3.8) is 0 Å². The van der Waals surface area contributed by atoms with Gasteiger partial charge in [0.15, 0.2) is 0 Å². The lowest BCUT2D eigenvalue weighted by Crippen LogP contribution is -2.29. The average Bonchev–Trinajstić information content (AvgIpc) is 2.96. The predicted molar refractivity (Wildman–Crippen MR) is 89.5 cm³/mol. The zero-order chi connectivity index (χ0) is 14.8. The lowest BCUT2D eigenvalue weighted by atomic mass is 10.1. The Morgan fingerprint density at radius 2 is 2.19 bits per heavy atom. The van der Waals surface area contributed by atoms with Crippen molar-refractivity contribution in [2.75, 3.05) is 30.7 Å². The molecule has 0 amide bonds. The van der Waals surface area contributed by atoms with Crippen LogP contribution in [0.25, 0.3) is 10.8 Å². The molecule has 21 heavy (non-hydrogen) atoms. The van der Waals surface area contributed by atoms with E-state index in [4.69, 9.17) is 5.73 Å². The molecular weight excluding hydrogens is 260 g/mol. The van der Waals surface area contributed by atoms with Gasteiger partial charge < -0.3 is 16.0 Å². The molecule has 2 heterocycles. The van der Waals surface area contributed by atoms with Crippen LogP contribution in [0.5, 0.6) is 0 Å². The molecule has 1 aliphatic rings. The molecule has 3 N–H and O–H groups in total. The lowest BCUT2D eigenvalue weighted by Gasteiger charge is -2.20. The molecule has 2 aromatic rings. The van der Waals surface area contributed by atoms with Crippen LogP contribution < -0.4 is 11.1 Å². The second-order valence-electron chi connectivity index (χ2n) is 6.25. The minimum Gasteiger partial charge on any atom is -0.398 e. The van der Waals surface area contributed by atoms with Crippen LogP contribution in [0.3, 0.4) is 0 Å². The smallest absolute Gasteiger partial charge is 0.0422 e. The summed E-state index contributed by atoms with van der Waals surface area (Å²) in [6.45, 7) is 7.98. The van der Waals surface area contributed by atoms with Gasteiger partial charge >= 0.3 is 0 Å². The van der Waals surface area contributed by atoms with E-state index in [0.29, 0.717) is 6.04 Å². The molecule has 0 bridgehead atoms. The van der Waals surface area contributed by atoms with Gasteiger partial charge in [-0.2, -0.15) is 0 Å². The third-order valence-corrected chi connectivity index (χ3v) is 4.48. The first-order chi connectivity index (χ1) is 10.1. The van der Waals surface area contributed by atoms with E-state index in [9.17, 15) is 0 Å². The Balaban J connectivity index is 1.70. The van der Waals surface area contributed by atoms with Crippen LogP contribution >= 0.6 is 0 Å². The summed E-state index contributed by atoms with van der Waals surface area (Å²) in [4.78, 5) is 6.72. The number of hydrogen-bond donors (Lipinski definition) is 2. The number of hydrogen-bond acceptors (Lipinski definition) is 4. The molecule has 1 aliphatic heterocycles. The van der Waals surface area contributed by atoms with Gasteiger partial charge in [-0.05, 0) is 50.9 Å². The second-order valence-corrected chi connectivity index (χ2v) is 6.25. The second kappa shape index (κ2) is 5.90. The van der Waals surface area contributed by atoms with E-state index in [1.807, 2.05) is 24.5 Å². The topological polar surface area (TPSA) is 54.2 Å². The third-order valence-electron chi connectivity index (χ3n) is 4.48. The number of benzene rings is 1. The zero-order valence-electron chi connectivity index (χ0n) is 12.8. The molecule has 1 fully saturated rings. The molecule has 112 valence electrons. The molecule has 1 aromatic heterocycles. The van der Waals surface area contributed by atoms with Crippen molar-refractivity contribution < 1.29 is 0 Å². The fourth-order valence-electron chi connectivity index (χ4n) is 3.12. The number of anilines is 2. The normalized spacial score (nSPS) is 19.5. The summed E-state index contributed by atoms with van der Waals surface area (Å²) in [5, 5.41) is 5.79. The Hall–Kier alpha value is -1.81. The van der Waals surface area contributed by atoms with Crippen molar-refractivity contribution in [1.82, 2.24) is 9.88 Å². The molecule has 0 spiro atoms. The summed E-state index contributed by atoms with van der Waals surface area (Å²) in [5.41, 5.74) is 7.96. The van der Waals surface area contributed by atoms with E-state index in [0.717, 1.165) is 34.6 Å². The van der Waals surface area contributed by atoms with Gasteiger partial charge in [-0.15, -0.1) is 0 Å². The molecule has 4 heteroatoms. The van der Waals surface area contributed by atoms with Gasteiger partial charge in [0.2, 0.25) is 0 Å². The lowest BCUT2D eigenvalue weighted by molar-refractivity contribution is 0.266. The van der Waals surface area contributed by atoms with E-state index < -0.39 is 0 Å². The maximum Gasteiger partial charge on any atom is 0.0422 e. The summed E-state index contributed by atoms with van der Waals surface area (Å²) >= 11 is 0. The Labute approximate surface area is 126 Å². The number of likely N-dealkylation sites (tertiary alicyclic amines) is 1. The summed E-state index contributed by atoms with van der Waals surface area (Å²) in [7, 11) is 0. The quantitative estimate of drug-likeness (QED) is 0.848. The van der Waals surface area contributed by atoms with E-state index in [-0.39, 0.29) is 0 Å². The maximum absolute atomic E-state index is 6.02. The van der Waals surface area contributed by atoms with Crippen LogP contribution in [-0.4, -0.2) is 35.6 Å². The summed E-state index contributed by atoms with van der Waals surface area (Å²) in [6, 6.07) is 6.72. The molecular formula is C17H24N4. The van der Waals surface area contributed by atoms with Crippen molar-refractivity contribution >= 4 is 22.1 Å². The number of nitrogens with one attached hydrogen (secondary N) is 1. The van der Waals surface area contributed by atoms with Crippen LogP contribution in [-0.2, 0) is 0 Å². The first kappa shape index (κ1) is 14.1. The van der Waals surface area contributed by atoms with Gasteiger partial charge in [0.05, 0.1) is 0 Å². The SMILES string of the molecule is CC(C)N1CCC(CNc2ccc(N)c3cnccc23)C1. The van der Waals surface area contributed by atoms with Crippen molar-refractivity contribution in [1.29, 1.82) is 0 Å². The number of rotatable bonds is 4. The molecule has 1 saturated heterocycles. The third kappa shape index (κ3) is 2.95. The highest BCUT2D eigenvalue weighted by Crippen LogP contribution is 2.28. The largest absolute Gasteiger partial charge is 0.398 e. The highest BCUT2D eigenvalue weighted by molar-refractivity contribution is 6.00. The molecule has 3 rings (SSSR count). The van der Waals surface area contributed by atoms with E-state index in [2.05, 4.69) is 35.1 Å². The van der Waals surface area contributed by atoms with Crippen LogP contribution in [0.15, 0.2) is 30.6 Å². The van der Waals surface area contributed by atoms with Gasteiger partial charge in [0.1, 0.15) is 0 Å². The first-order valence-corrected chi connectivity index (χ1v) is 7.75. The Morgan fingerprint density at radius 1 is 1.33 bits per heavy atom.